The van der Waals surface area contributed by atoms with Gasteiger partial charge >= 0.3 is 0 Å². The molecule has 2 aliphatic rings. The fourth-order valence-electron chi connectivity index (χ4n) is 3.77. The van der Waals surface area contributed by atoms with E-state index < -0.39 is 0 Å². The molecule has 0 bridgehead atoms. The van der Waals surface area contributed by atoms with Gasteiger partial charge in [0.25, 0.3) is 0 Å². The van der Waals surface area contributed by atoms with Crippen molar-refractivity contribution in [2.24, 2.45) is 11.7 Å². The first-order valence-electron chi connectivity index (χ1n) is 8.76. The Morgan fingerprint density at radius 3 is 2.25 bits per heavy atom. The van der Waals surface area contributed by atoms with Crippen molar-refractivity contribution in [2.45, 2.75) is 64.0 Å². The highest BCUT2D eigenvalue weighted by Gasteiger charge is 2.42. The SMILES string of the molecule is CC(C)C(C)(CN)NC(=O)CC1(N2CCOCC2)CCCC1.Cl.Cl. The maximum Gasteiger partial charge on any atom is 0.222 e. The first kappa shape index (κ1) is 23.9. The molecular weight excluding hydrogens is 349 g/mol. The van der Waals surface area contributed by atoms with Crippen molar-refractivity contribution in [3.63, 3.8) is 0 Å². The molecule has 1 aliphatic heterocycles. The molecule has 5 nitrogen and oxygen atoms in total. The molecule has 1 amide bonds. The predicted molar refractivity (Wildman–Crippen MR) is 103 cm³/mol. The minimum absolute atomic E-state index is 0. The molecule has 7 heteroatoms. The Morgan fingerprint density at radius 1 is 1.25 bits per heavy atom. The Labute approximate surface area is 159 Å². The first-order valence-corrected chi connectivity index (χ1v) is 8.76. The maximum atomic E-state index is 12.7. The summed E-state index contributed by atoms with van der Waals surface area (Å²) in [5.74, 6) is 0.472. The topological polar surface area (TPSA) is 67.6 Å². The lowest BCUT2D eigenvalue weighted by Crippen LogP contribution is -2.58. The summed E-state index contributed by atoms with van der Waals surface area (Å²) in [5, 5.41) is 3.21. The van der Waals surface area contributed by atoms with Gasteiger partial charge in [-0.05, 0) is 25.7 Å². The molecule has 1 unspecified atom stereocenters. The molecule has 1 saturated heterocycles. The van der Waals surface area contributed by atoms with Crippen molar-refractivity contribution < 1.29 is 9.53 Å². The first-order chi connectivity index (χ1) is 10.4. The van der Waals surface area contributed by atoms with Gasteiger partial charge in [-0.2, -0.15) is 0 Å². The Kier molecular flexibility index (Phi) is 10.1. The Bertz CT molecular complexity index is 384. The minimum atomic E-state index is -0.318. The Hall–Kier alpha value is -0.0700. The third-order valence-corrected chi connectivity index (χ3v) is 5.83. The number of halogens is 2. The fraction of sp³-hybridized carbons (Fsp3) is 0.941. The molecule has 0 radical (unpaired) electrons. The molecule has 1 heterocycles. The second kappa shape index (κ2) is 10.2. The number of nitrogens with one attached hydrogen (secondary N) is 1. The van der Waals surface area contributed by atoms with Crippen LogP contribution in [0.1, 0.15) is 52.9 Å². The van der Waals surface area contributed by atoms with Gasteiger partial charge in [0.15, 0.2) is 0 Å². The predicted octanol–water partition coefficient (Wildman–Crippen LogP) is 2.35. The monoisotopic (exact) mass is 383 g/mol. The number of rotatable bonds is 6. The third kappa shape index (κ3) is 5.46. The van der Waals surface area contributed by atoms with Crippen LogP contribution < -0.4 is 11.1 Å². The molecule has 0 aromatic rings. The minimum Gasteiger partial charge on any atom is -0.379 e. The number of carbonyl (C=O) groups excluding carboxylic acids is 1. The highest BCUT2D eigenvalue weighted by molar-refractivity contribution is 5.85. The van der Waals surface area contributed by atoms with Gasteiger partial charge in [-0.3, -0.25) is 9.69 Å². The molecule has 1 atom stereocenters. The summed E-state index contributed by atoms with van der Waals surface area (Å²) >= 11 is 0. The zero-order valence-electron chi connectivity index (χ0n) is 15.3. The lowest BCUT2D eigenvalue weighted by Gasteiger charge is -2.44. The van der Waals surface area contributed by atoms with Crippen molar-refractivity contribution in [1.29, 1.82) is 0 Å². The molecule has 3 N–H and O–H groups in total. The maximum absolute atomic E-state index is 12.7. The van der Waals surface area contributed by atoms with Crippen LogP contribution in [0.3, 0.4) is 0 Å². The number of amides is 1. The third-order valence-electron chi connectivity index (χ3n) is 5.83. The van der Waals surface area contributed by atoms with E-state index in [-0.39, 0.29) is 41.8 Å². The van der Waals surface area contributed by atoms with Crippen LogP contribution >= 0.6 is 24.8 Å². The molecule has 0 spiro atoms. The number of nitrogens with zero attached hydrogens (tertiary/aromatic N) is 1. The van der Waals surface area contributed by atoms with Crippen LogP contribution in [-0.4, -0.2) is 54.7 Å². The van der Waals surface area contributed by atoms with Crippen LogP contribution in [0, 0.1) is 5.92 Å². The standard InChI is InChI=1S/C17H33N3O2.2ClH/c1-14(2)16(3,13-18)19-15(21)12-17(6-4-5-7-17)20-8-10-22-11-9-20;;/h14H,4-13,18H2,1-3H3,(H,19,21);2*1H. The van der Waals surface area contributed by atoms with E-state index in [0.29, 0.717) is 18.9 Å². The van der Waals surface area contributed by atoms with Gasteiger partial charge < -0.3 is 15.8 Å². The summed E-state index contributed by atoms with van der Waals surface area (Å²) in [7, 11) is 0. The van der Waals surface area contributed by atoms with Gasteiger partial charge in [0.1, 0.15) is 0 Å². The van der Waals surface area contributed by atoms with Crippen molar-refractivity contribution >= 4 is 30.7 Å². The molecule has 144 valence electrons. The van der Waals surface area contributed by atoms with Gasteiger partial charge in [-0.25, -0.2) is 0 Å². The summed E-state index contributed by atoms with van der Waals surface area (Å²) < 4.78 is 5.48. The Morgan fingerprint density at radius 2 is 1.79 bits per heavy atom. The summed E-state index contributed by atoms with van der Waals surface area (Å²) in [4.78, 5) is 15.2. The van der Waals surface area contributed by atoms with E-state index >= 15 is 0 Å². The van der Waals surface area contributed by atoms with Crippen LogP contribution in [0.15, 0.2) is 0 Å². The quantitative estimate of drug-likeness (QED) is 0.738. The highest BCUT2D eigenvalue weighted by atomic mass is 35.5. The van der Waals surface area contributed by atoms with Crippen LogP contribution in [0.25, 0.3) is 0 Å². The summed E-state index contributed by atoms with van der Waals surface area (Å²) in [6.07, 6.45) is 5.30. The van der Waals surface area contributed by atoms with Gasteiger partial charge in [0.2, 0.25) is 5.91 Å². The van der Waals surface area contributed by atoms with Crippen LogP contribution in [0.2, 0.25) is 0 Å². The Balaban J connectivity index is 0.00000264. The molecule has 2 fully saturated rings. The zero-order chi connectivity index (χ0) is 16.2. The molecule has 1 saturated carbocycles. The second-order valence-corrected chi connectivity index (χ2v) is 7.53. The van der Waals surface area contributed by atoms with Crippen molar-refractivity contribution in [3.05, 3.63) is 0 Å². The smallest absolute Gasteiger partial charge is 0.222 e. The average Bonchev–Trinajstić information content (AvgIpc) is 2.97. The molecule has 0 aromatic carbocycles. The number of nitrogens with two attached hydrogens (primary N) is 1. The van der Waals surface area contributed by atoms with Crippen LogP contribution in [0.4, 0.5) is 0 Å². The largest absolute Gasteiger partial charge is 0.379 e. The fourth-order valence-corrected chi connectivity index (χ4v) is 3.77. The summed E-state index contributed by atoms with van der Waals surface area (Å²) in [5.41, 5.74) is 5.62. The van der Waals surface area contributed by atoms with E-state index in [9.17, 15) is 4.79 Å². The second-order valence-electron chi connectivity index (χ2n) is 7.53. The number of morpholine rings is 1. The van der Waals surface area contributed by atoms with Gasteiger partial charge in [-0.1, -0.05) is 26.7 Å². The van der Waals surface area contributed by atoms with Gasteiger partial charge in [0, 0.05) is 31.6 Å². The summed E-state index contributed by atoms with van der Waals surface area (Å²) in [6, 6.07) is 0. The highest BCUT2D eigenvalue weighted by Crippen LogP contribution is 2.38. The lowest BCUT2D eigenvalue weighted by atomic mass is 9.86. The average molecular weight is 384 g/mol. The van der Waals surface area contributed by atoms with E-state index in [4.69, 9.17) is 10.5 Å². The van der Waals surface area contributed by atoms with Gasteiger partial charge in [-0.15, -0.1) is 24.8 Å². The molecule has 24 heavy (non-hydrogen) atoms. The summed E-state index contributed by atoms with van der Waals surface area (Å²) in [6.45, 7) is 10.2. The number of ether oxygens (including phenoxy) is 1. The molecule has 0 aromatic heterocycles. The molecular formula is C17H35Cl2N3O2. The van der Waals surface area contributed by atoms with E-state index in [2.05, 4.69) is 24.1 Å². The lowest BCUT2D eigenvalue weighted by molar-refractivity contribution is -0.127. The molecule has 1 aliphatic carbocycles. The van der Waals surface area contributed by atoms with Crippen molar-refractivity contribution in [1.82, 2.24) is 10.2 Å². The van der Waals surface area contributed by atoms with E-state index in [0.717, 1.165) is 39.1 Å². The number of hydrogen-bond donors (Lipinski definition) is 2. The van der Waals surface area contributed by atoms with E-state index in [1.165, 1.54) is 12.8 Å². The zero-order valence-corrected chi connectivity index (χ0v) is 16.9. The van der Waals surface area contributed by atoms with Crippen LogP contribution in [0.5, 0.6) is 0 Å². The number of carbonyl (C=O) groups is 1. The molecule has 2 rings (SSSR count). The van der Waals surface area contributed by atoms with Crippen molar-refractivity contribution in [3.8, 4) is 0 Å². The van der Waals surface area contributed by atoms with E-state index in [1.54, 1.807) is 0 Å². The van der Waals surface area contributed by atoms with Gasteiger partial charge in [0.05, 0.1) is 18.8 Å². The van der Waals surface area contributed by atoms with Crippen LogP contribution in [-0.2, 0) is 9.53 Å². The number of hydrogen-bond acceptors (Lipinski definition) is 4. The van der Waals surface area contributed by atoms with E-state index in [1.807, 2.05) is 6.92 Å². The normalized spacial score (nSPS) is 23.0. The van der Waals surface area contributed by atoms with Crippen molar-refractivity contribution in [2.75, 3.05) is 32.8 Å².